The number of amides is 1. The van der Waals surface area contributed by atoms with Crippen LogP contribution in [0.25, 0.3) is 0 Å². The highest BCUT2D eigenvalue weighted by atomic mass is 35.5. The Labute approximate surface area is 136 Å². The Bertz CT molecular complexity index is 646. The van der Waals surface area contributed by atoms with Crippen LogP contribution in [0.1, 0.15) is 24.1 Å². The highest BCUT2D eigenvalue weighted by Gasteiger charge is 2.23. The summed E-state index contributed by atoms with van der Waals surface area (Å²) in [4.78, 5) is 18.6. The van der Waals surface area contributed by atoms with Gasteiger partial charge in [0.2, 0.25) is 5.91 Å². The lowest BCUT2D eigenvalue weighted by atomic mass is 9.99. The minimum Gasteiger partial charge on any atom is -0.398 e. The Hall–Kier alpha value is -2.07. The number of nitrogen functional groups attached to an aromatic ring is 1. The standard InChI is InChI=1S/C17H19N3O.ClH/c18-15-7-3-8-16-14(15)6-4-12-20(16)17(21)10-9-13-5-1-2-11-19-13;/h1-3,5,7-8,11H,4,6,9-10,12,18H2;1H. The summed E-state index contributed by atoms with van der Waals surface area (Å²) >= 11 is 0. The van der Waals surface area contributed by atoms with Crippen molar-refractivity contribution in [2.24, 2.45) is 0 Å². The first-order valence-electron chi connectivity index (χ1n) is 7.33. The minimum atomic E-state index is 0. The molecule has 116 valence electrons. The zero-order valence-electron chi connectivity index (χ0n) is 12.4. The van der Waals surface area contributed by atoms with Crippen LogP contribution in [0, 0.1) is 0 Å². The third-order valence-corrected chi connectivity index (χ3v) is 3.91. The van der Waals surface area contributed by atoms with Gasteiger partial charge >= 0.3 is 0 Å². The molecular weight excluding hydrogens is 298 g/mol. The van der Waals surface area contributed by atoms with Crippen molar-refractivity contribution < 1.29 is 4.79 Å². The molecule has 0 radical (unpaired) electrons. The summed E-state index contributed by atoms with van der Waals surface area (Å²) in [5.74, 6) is 0.146. The van der Waals surface area contributed by atoms with E-state index in [2.05, 4.69) is 4.98 Å². The van der Waals surface area contributed by atoms with E-state index in [1.165, 1.54) is 0 Å². The van der Waals surface area contributed by atoms with Crippen LogP contribution in [0.15, 0.2) is 42.6 Å². The molecule has 5 heteroatoms. The molecule has 0 fully saturated rings. The van der Waals surface area contributed by atoms with Crippen LogP contribution in [0.4, 0.5) is 11.4 Å². The summed E-state index contributed by atoms with van der Waals surface area (Å²) in [6.07, 6.45) is 4.83. The molecule has 0 unspecified atom stereocenters. The number of benzene rings is 1. The fourth-order valence-electron chi connectivity index (χ4n) is 2.83. The lowest BCUT2D eigenvalue weighted by molar-refractivity contribution is -0.118. The van der Waals surface area contributed by atoms with Gasteiger partial charge in [-0.1, -0.05) is 12.1 Å². The largest absolute Gasteiger partial charge is 0.398 e. The summed E-state index contributed by atoms with van der Waals surface area (Å²) in [5, 5.41) is 0. The summed E-state index contributed by atoms with van der Waals surface area (Å²) in [6, 6.07) is 11.6. The molecule has 3 rings (SSSR count). The van der Waals surface area contributed by atoms with E-state index >= 15 is 0 Å². The average Bonchev–Trinajstić information content (AvgIpc) is 2.53. The van der Waals surface area contributed by atoms with Gasteiger partial charge in [-0.2, -0.15) is 0 Å². The second kappa shape index (κ2) is 7.27. The molecule has 2 aromatic rings. The quantitative estimate of drug-likeness (QED) is 0.885. The van der Waals surface area contributed by atoms with E-state index in [1.807, 2.05) is 41.3 Å². The van der Waals surface area contributed by atoms with Crippen molar-refractivity contribution in [3.63, 3.8) is 0 Å². The number of pyridine rings is 1. The number of aromatic nitrogens is 1. The molecule has 2 N–H and O–H groups in total. The summed E-state index contributed by atoms with van der Waals surface area (Å²) in [5.41, 5.74) is 9.85. The van der Waals surface area contributed by atoms with Gasteiger partial charge in [0.15, 0.2) is 0 Å². The maximum absolute atomic E-state index is 12.5. The van der Waals surface area contributed by atoms with Gasteiger partial charge in [-0.3, -0.25) is 9.78 Å². The molecule has 0 spiro atoms. The summed E-state index contributed by atoms with van der Waals surface area (Å²) in [6.45, 7) is 0.775. The van der Waals surface area contributed by atoms with E-state index in [0.717, 1.165) is 42.0 Å². The van der Waals surface area contributed by atoms with Crippen molar-refractivity contribution in [3.8, 4) is 0 Å². The SMILES string of the molecule is Cl.Nc1cccc2c1CCCN2C(=O)CCc1ccccn1. The average molecular weight is 318 g/mol. The molecular formula is C17H20ClN3O. The van der Waals surface area contributed by atoms with Gasteiger partial charge in [0.1, 0.15) is 0 Å². The Morgan fingerprint density at radius 1 is 1.23 bits per heavy atom. The first kappa shape index (κ1) is 16.3. The number of nitrogens with zero attached hydrogens (tertiary/aromatic N) is 2. The van der Waals surface area contributed by atoms with Crippen molar-refractivity contribution >= 4 is 29.7 Å². The van der Waals surface area contributed by atoms with Crippen LogP contribution in [0.5, 0.6) is 0 Å². The lowest BCUT2D eigenvalue weighted by Crippen LogP contribution is -2.35. The lowest BCUT2D eigenvalue weighted by Gasteiger charge is -2.30. The smallest absolute Gasteiger partial charge is 0.227 e. The van der Waals surface area contributed by atoms with Crippen molar-refractivity contribution in [1.29, 1.82) is 0 Å². The van der Waals surface area contributed by atoms with E-state index in [1.54, 1.807) is 6.20 Å². The van der Waals surface area contributed by atoms with Crippen LogP contribution < -0.4 is 10.6 Å². The number of nitrogens with two attached hydrogens (primary N) is 1. The molecule has 0 saturated carbocycles. The molecule has 1 amide bonds. The molecule has 0 atom stereocenters. The molecule has 1 aromatic carbocycles. The monoisotopic (exact) mass is 317 g/mol. The number of halogens is 1. The van der Waals surface area contributed by atoms with Crippen LogP contribution in [0.2, 0.25) is 0 Å². The predicted molar refractivity (Wildman–Crippen MR) is 91.3 cm³/mol. The number of carbonyl (C=O) groups is 1. The predicted octanol–water partition coefficient (Wildman–Crippen LogP) is 3.00. The molecule has 1 aromatic heterocycles. The van der Waals surface area contributed by atoms with Gasteiger partial charge in [-0.15, -0.1) is 12.4 Å². The van der Waals surface area contributed by atoms with E-state index in [9.17, 15) is 4.79 Å². The zero-order valence-corrected chi connectivity index (χ0v) is 13.2. The van der Waals surface area contributed by atoms with Gasteiger partial charge in [0.05, 0.1) is 0 Å². The molecule has 1 aliphatic rings. The second-order valence-electron chi connectivity index (χ2n) is 5.31. The highest BCUT2D eigenvalue weighted by molar-refractivity contribution is 5.95. The van der Waals surface area contributed by atoms with Crippen LogP contribution in [-0.4, -0.2) is 17.4 Å². The van der Waals surface area contributed by atoms with E-state index in [4.69, 9.17) is 5.73 Å². The van der Waals surface area contributed by atoms with Gasteiger partial charge < -0.3 is 10.6 Å². The molecule has 22 heavy (non-hydrogen) atoms. The van der Waals surface area contributed by atoms with Crippen LogP contribution >= 0.6 is 12.4 Å². The Balaban J connectivity index is 0.00000176. The number of carbonyl (C=O) groups excluding carboxylic acids is 1. The number of fused-ring (bicyclic) bond motifs is 1. The minimum absolute atomic E-state index is 0. The normalized spacial score (nSPS) is 13.2. The molecule has 2 heterocycles. The second-order valence-corrected chi connectivity index (χ2v) is 5.31. The number of anilines is 2. The third kappa shape index (κ3) is 3.39. The van der Waals surface area contributed by atoms with E-state index in [0.29, 0.717) is 12.8 Å². The fraction of sp³-hybridized carbons (Fsp3) is 0.294. The van der Waals surface area contributed by atoms with Crippen LogP contribution in [-0.2, 0) is 17.6 Å². The van der Waals surface area contributed by atoms with Gasteiger partial charge in [-0.05, 0) is 49.1 Å². The molecule has 0 bridgehead atoms. The maximum Gasteiger partial charge on any atom is 0.227 e. The number of rotatable bonds is 3. The van der Waals surface area contributed by atoms with Crippen molar-refractivity contribution in [2.75, 3.05) is 17.2 Å². The first-order valence-corrected chi connectivity index (χ1v) is 7.33. The van der Waals surface area contributed by atoms with Crippen molar-refractivity contribution in [1.82, 2.24) is 4.98 Å². The van der Waals surface area contributed by atoms with Crippen LogP contribution in [0.3, 0.4) is 0 Å². The van der Waals surface area contributed by atoms with Crippen molar-refractivity contribution in [2.45, 2.75) is 25.7 Å². The molecule has 4 nitrogen and oxygen atoms in total. The summed E-state index contributed by atoms with van der Waals surface area (Å²) < 4.78 is 0. The van der Waals surface area contributed by atoms with Gasteiger partial charge in [0.25, 0.3) is 0 Å². The Morgan fingerprint density at radius 3 is 2.86 bits per heavy atom. The third-order valence-electron chi connectivity index (χ3n) is 3.91. The molecule has 0 saturated heterocycles. The molecule has 0 aliphatic carbocycles. The van der Waals surface area contributed by atoms with Gasteiger partial charge in [0, 0.05) is 36.2 Å². The number of aryl methyl sites for hydroxylation is 1. The molecule has 1 aliphatic heterocycles. The van der Waals surface area contributed by atoms with Crippen molar-refractivity contribution in [3.05, 3.63) is 53.9 Å². The van der Waals surface area contributed by atoms with E-state index < -0.39 is 0 Å². The van der Waals surface area contributed by atoms with Gasteiger partial charge in [-0.25, -0.2) is 0 Å². The summed E-state index contributed by atoms with van der Waals surface area (Å²) in [7, 11) is 0. The number of hydrogen-bond acceptors (Lipinski definition) is 3. The van der Waals surface area contributed by atoms with E-state index in [-0.39, 0.29) is 18.3 Å². The Morgan fingerprint density at radius 2 is 2.09 bits per heavy atom. The topological polar surface area (TPSA) is 59.2 Å². The zero-order chi connectivity index (χ0) is 14.7. The Kier molecular flexibility index (Phi) is 5.39. The number of hydrogen-bond donors (Lipinski definition) is 1. The first-order chi connectivity index (χ1) is 10.3. The maximum atomic E-state index is 12.5. The fourth-order valence-corrected chi connectivity index (χ4v) is 2.83. The highest BCUT2D eigenvalue weighted by Crippen LogP contribution is 2.31.